The Morgan fingerprint density at radius 2 is 2.29 bits per heavy atom. The lowest BCUT2D eigenvalue weighted by Crippen LogP contribution is -2.45. The van der Waals surface area contributed by atoms with Crippen LogP contribution in [-0.4, -0.2) is 29.1 Å². The minimum atomic E-state index is -0.771. The zero-order valence-corrected chi connectivity index (χ0v) is 12.8. The molecule has 5 nitrogen and oxygen atoms in total. The van der Waals surface area contributed by atoms with Gasteiger partial charge in [-0.25, -0.2) is 4.98 Å². The van der Waals surface area contributed by atoms with E-state index in [2.05, 4.69) is 16.0 Å². The maximum Gasteiger partial charge on any atom is 0.309 e. The van der Waals surface area contributed by atoms with Crippen LogP contribution in [0.15, 0.2) is 12.3 Å². The summed E-state index contributed by atoms with van der Waals surface area (Å²) in [4.78, 5) is 17.9. The van der Waals surface area contributed by atoms with E-state index in [-0.39, 0.29) is 5.92 Å². The van der Waals surface area contributed by atoms with Gasteiger partial charge in [-0.3, -0.25) is 4.79 Å². The second kappa shape index (κ2) is 5.72. The van der Waals surface area contributed by atoms with Crippen LogP contribution >= 0.6 is 0 Å². The van der Waals surface area contributed by atoms with Crippen LogP contribution in [0.2, 0.25) is 0 Å². The third-order valence-electron chi connectivity index (χ3n) is 4.54. The summed E-state index contributed by atoms with van der Waals surface area (Å²) >= 11 is 0. The molecule has 1 atom stereocenters. The van der Waals surface area contributed by atoms with Crippen molar-refractivity contribution >= 4 is 11.8 Å². The molecule has 0 aliphatic carbocycles. The molecule has 0 amide bonds. The molecule has 1 N–H and O–H groups in total. The first kappa shape index (κ1) is 15.3. The van der Waals surface area contributed by atoms with Crippen LogP contribution in [0.3, 0.4) is 0 Å². The van der Waals surface area contributed by atoms with Crippen molar-refractivity contribution in [1.29, 1.82) is 5.26 Å². The number of carbonyl (C=O) groups is 1. The molecule has 1 aliphatic heterocycles. The lowest BCUT2D eigenvalue weighted by Gasteiger charge is -2.40. The first-order valence-corrected chi connectivity index (χ1v) is 7.22. The molecule has 1 aromatic heterocycles. The molecule has 1 saturated heterocycles. The third kappa shape index (κ3) is 2.85. The number of anilines is 1. The van der Waals surface area contributed by atoms with Crippen molar-refractivity contribution in [3.05, 3.63) is 23.4 Å². The highest BCUT2D eigenvalue weighted by molar-refractivity contribution is 5.74. The minimum Gasteiger partial charge on any atom is -0.481 e. The average Bonchev–Trinajstić information content (AvgIpc) is 2.47. The molecule has 0 spiro atoms. The lowest BCUT2D eigenvalue weighted by molar-refractivity contribution is -0.150. The number of rotatable bonds is 3. The Labute approximate surface area is 125 Å². The van der Waals surface area contributed by atoms with Gasteiger partial charge in [-0.2, -0.15) is 5.26 Å². The summed E-state index contributed by atoms with van der Waals surface area (Å²) in [5, 5.41) is 18.7. The average molecular weight is 287 g/mol. The van der Waals surface area contributed by atoms with Crippen LogP contribution in [0.25, 0.3) is 0 Å². The number of pyridine rings is 1. The number of hydrogen-bond acceptors (Lipinski definition) is 4. The Bertz CT molecular complexity index is 590. The number of carboxylic acid groups (broad SMARTS) is 1. The van der Waals surface area contributed by atoms with Gasteiger partial charge in [0.15, 0.2) is 0 Å². The Hall–Kier alpha value is -2.09. The molecule has 1 aromatic rings. The molecule has 2 heterocycles. The molecule has 2 rings (SSSR count). The first-order valence-electron chi connectivity index (χ1n) is 7.22. The number of nitriles is 1. The monoisotopic (exact) mass is 287 g/mol. The quantitative estimate of drug-likeness (QED) is 0.924. The number of nitrogens with zero attached hydrogens (tertiary/aromatic N) is 3. The zero-order chi connectivity index (χ0) is 15.6. The van der Waals surface area contributed by atoms with Crippen LogP contribution in [-0.2, 0) is 4.79 Å². The van der Waals surface area contributed by atoms with Crippen LogP contribution in [0, 0.1) is 29.6 Å². The largest absolute Gasteiger partial charge is 0.481 e. The van der Waals surface area contributed by atoms with Gasteiger partial charge >= 0.3 is 5.97 Å². The van der Waals surface area contributed by atoms with Crippen molar-refractivity contribution in [2.45, 2.75) is 33.6 Å². The van der Waals surface area contributed by atoms with Gasteiger partial charge in [0.05, 0.1) is 11.0 Å². The van der Waals surface area contributed by atoms with E-state index >= 15 is 0 Å². The number of aryl methyl sites for hydroxylation is 1. The molecule has 112 valence electrons. The molecular formula is C16H21N3O2. The van der Waals surface area contributed by atoms with Crippen LogP contribution in [0.1, 0.15) is 37.8 Å². The summed E-state index contributed by atoms with van der Waals surface area (Å²) < 4.78 is 0. The van der Waals surface area contributed by atoms with Gasteiger partial charge in [-0.1, -0.05) is 0 Å². The van der Waals surface area contributed by atoms with Gasteiger partial charge in [0.2, 0.25) is 0 Å². The first-order chi connectivity index (χ1) is 9.87. The highest BCUT2D eigenvalue weighted by Gasteiger charge is 2.39. The van der Waals surface area contributed by atoms with E-state index in [9.17, 15) is 15.2 Å². The predicted molar refractivity (Wildman–Crippen MR) is 80.0 cm³/mol. The Balaban J connectivity index is 2.29. The Morgan fingerprint density at radius 3 is 2.90 bits per heavy atom. The second-order valence-corrected chi connectivity index (χ2v) is 6.25. The molecule has 0 bridgehead atoms. The topological polar surface area (TPSA) is 77.2 Å². The van der Waals surface area contributed by atoms with E-state index in [1.165, 1.54) is 0 Å². The summed E-state index contributed by atoms with van der Waals surface area (Å²) in [6, 6.07) is 4.04. The van der Waals surface area contributed by atoms with Gasteiger partial charge in [0.25, 0.3) is 0 Å². The van der Waals surface area contributed by atoms with Gasteiger partial charge in [0.1, 0.15) is 11.9 Å². The van der Waals surface area contributed by atoms with Crippen LogP contribution < -0.4 is 4.90 Å². The van der Waals surface area contributed by atoms with Gasteiger partial charge < -0.3 is 10.0 Å². The molecule has 0 radical (unpaired) electrons. The normalized spacial score (nSPS) is 19.1. The Morgan fingerprint density at radius 1 is 1.57 bits per heavy atom. The molecular weight excluding hydrogens is 266 g/mol. The van der Waals surface area contributed by atoms with Crippen LogP contribution in [0.4, 0.5) is 5.82 Å². The highest BCUT2D eigenvalue weighted by Crippen LogP contribution is 2.36. The van der Waals surface area contributed by atoms with Crippen molar-refractivity contribution in [3.63, 3.8) is 0 Å². The van der Waals surface area contributed by atoms with Gasteiger partial charge in [-0.15, -0.1) is 0 Å². The molecule has 21 heavy (non-hydrogen) atoms. The summed E-state index contributed by atoms with van der Waals surface area (Å²) in [6.07, 6.45) is 3.52. The van der Waals surface area contributed by atoms with Crippen molar-refractivity contribution in [2.24, 2.45) is 11.3 Å². The van der Waals surface area contributed by atoms with E-state index in [1.807, 2.05) is 13.0 Å². The van der Waals surface area contributed by atoms with Gasteiger partial charge in [-0.05, 0) is 51.2 Å². The number of piperidine rings is 1. The fourth-order valence-corrected chi connectivity index (χ4v) is 2.86. The summed E-state index contributed by atoms with van der Waals surface area (Å²) in [6.45, 7) is 6.89. The molecule has 1 aliphatic rings. The fourth-order valence-electron chi connectivity index (χ4n) is 2.86. The summed E-state index contributed by atoms with van der Waals surface area (Å²) in [7, 11) is 0. The predicted octanol–water partition coefficient (Wildman–Crippen LogP) is 2.59. The standard InChI is InChI=1S/C16H21N3O2/c1-11-6-7-18-14(13(11)9-17)19-8-4-5-12(10-19)16(2,3)15(20)21/h6-7,12H,4-5,8,10H2,1-3H3,(H,20,21). The lowest BCUT2D eigenvalue weighted by atomic mass is 9.74. The second-order valence-electron chi connectivity index (χ2n) is 6.25. The fraction of sp³-hybridized carbons (Fsp3) is 0.562. The van der Waals surface area contributed by atoms with E-state index < -0.39 is 11.4 Å². The van der Waals surface area contributed by atoms with Gasteiger partial charge in [0, 0.05) is 19.3 Å². The maximum atomic E-state index is 11.5. The van der Waals surface area contributed by atoms with E-state index in [0.29, 0.717) is 17.9 Å². The van der Waals surface area contributed by atoms with E-state index in [4.69, 9.17) is 0 Å². The number of carboxylic acids is 1. The van der Waals surface area contributed by atoms with Crippen molar-refractivity contribution < 1.29 is 9.90 Å². The minimum absolute atomic E-state index is 0.0533. The molecule has 1 fully saturated rings. The zero-order valence-electron chi connectivity index (χ0n) is 12.8. The SMILES string of the molecule is Cc1ccnc(N2CCCC(C(C)(C)C(=O)O)C2)c1C#N. The van der Waals surface area contributed by atoms with Crippen molar-refractivity contribution in [3.8, 4) is 6.07 Å². The summed E-state index contributed by atoms with van der Waals surface area (Å²) in [5.74, 6) is -0.0342. The number of aromatic nitrogens is 1. The van der Waals surface area contributed by atoms with E-state index in [0.717, 1.165) is 24.9 Å². The van der Waals surface area contributed by atoms with Crippen molar-refractivity contribution in [1.82, 2.24) is 4.98 Å². The molecule has 1 unspecified atom stereocenters. The maximum absolute atomic E-state index is 11.5. The highest BCUT2D eigenvalue weighted by atomic mass is 16.4. The van der Waals surface area contributed by atoms with E-state index in [1.54, 1.807) is 20.0 Å². The molecule has 5 heteroatoms. The van der Waals surface area contributed by atoms with Crippen molar-refractivity contribution in [2.75, 3.05) is 18.0 Å². The third-order valence-corrected chi connectivity index (χ3v) is 4.54. The van der Waals surface area contributed by atoms with Crippen LogP contribution in [0.5, 0.6) is 0 Å². The smallest absolute Gasteiger partial charge is 0.309 e. The molecule has 0 saturated carbocycles. The number of hydrogen-bond donors (Lipinski definition) is 1. The molecule has 0 aromatic carbocycles. The summed E-state index contributed by atoms with van der Waals surface area (Å²) in [5.41, 5.74) is 0.725. The number of aliphatic carboxylic acids is 1. The Kier molecular flexibility index (Phi) is 4.17.